The van der Waals surface area contributed by atoms with Crippen LogP contribution in [-0.2, 0) is 29.0 Å². The number of nitrogens with one attached hydrogen (secondary N) is 1. The van der Waals surface area contributed by atoms with Gasteiger partial charge < -0.3 is 15.0 Å². The van der Waals surface area contributed by atoms with E-state index in [1.807, 2.05) is 75.4 Å². The number of amides is 2. The SMILES string of the molecule is CCc1ccc(OCC(=O)N(Cc2ccc(Cl)cc2Cl)C(Cc2ccccc2)C(=O)NC(C)(C)C)cc1. The maximum absolute atomic E-state index is 13.7. The third-order valence-corrected chi connectivity index (χ3v) is 6.41. The lowest BCUT2D eigenvalue weighted by Gasteiger charge is -2.34. The number of rotatable bonds is 10. The van der Waals surface area contributed by atoms with Crippen molar-refractivity contribution in [2.75, 3.05) is 6.61 Å². The Balaban J connectivity index is 1.94. The van der Waals surface area contributed by atoms with Crippen molar-refractivity contribution in [3.05, 3.63) is 99.5 Å². The van der Waals surface area contributed by atoms with Gasteiger partial charge in [0.25, 0.3) is 5.91 Å². The van der Waals surface area contributed by atoms with Gasteiger partial charge in [-0.05, 0) is 68.1 Å². The van der Waals surface area contributed by atoms with E-state index in [1.54, 1.807) is 23.1 Å². The van der Waals surface area contributed by atoms with Crippen molar-refractivity contribution in [2.45, 2.75) is 58.7 Å². The van der Waals surface area contributed by atoms with Gasteiger partial charge in [-0.3, -0.25) is 9.59 Å². The van der Waals surface area contributed by atoms with E-state index in [0.717, 1.165) is 12.0 Å². The lowest BCUT2D eigenvalue weighted by Crippen LogP contribution is -2.55. The zero-order valence-corrected chi connectivity index (χ0v) is 23.3. The normalized spacial score (nSPS) is 12.1. The van der Waals surface area contributed by atoms with Crippen molar-refractivity contribution in [3.63, 3.8) is 0 Å². The number of carbonyl (C=O) groups excluding carboxylic acids is 2. The Morgan fingerprint density at radius 3 is 2.22 bits per heavy atom. The molecule has 0 fully saturated rings. The Morgan fingerprint density at radius 2 is 1.62 bits per heavy atom. The van der Waals surface area contributed by atoms with Crippen LogP contribution in [-0.4, -0.2) is 34.9 Å². The molecule has 37 heavy (non-hydrogen) atoms. The summed E-state index contributed by atoms with van der Waals surface area (Å²) in [4.78, 5) is 28.8. The highest BCUT2D eigenvalue weighted by molar-refractivity contribution is 6.35. The van der Waals surface area contributed by atoms with Gasteiger partial charge in [-0.15, -0.1) is 0 Å². The summed E-state index contributed by atoms with van der Waals surface area (Å²) in [5.41, 5.74) is 2.33. The minimum absolute atomic E-state index is 0.127. The maximum Gasteiger partial charge on any atom is 0.261 e. The van der Waals surface area contributed by atoms with Gasteiger partial charge in [0.1, 0.15) is 11.8 Å². The van der Waals surface area contributed by atoms with Crippen LogP contribution in [0, 0.1) is 0 Å². The minimum Gasteiger partial charge on any atom is -0.484 e. The van der Waals surface area contributed by atoms with Crippen LogP contribution in [0.3, 0.4) is 0 Å². The van der Waals surface area contributed by atoms with E-state index in [-0.39, 0.29) is 25.0 Å². The fraction of sp³-hybridized carbons (Fsp3) is 0.333. The van der Waals surface area contributed by atoms with Crippen LogP contribution in [0.15, 0.2) is 72.8 Å². The van der Waals surface area contributed by atoms with Gasteiger partial charge in [0.15, 0.2) is 6.61 Å². The van der Waals surface area contributed by atoms with Crippen LogP contribution in [0.5, 0.6) is 5.75 Å². The number of carbonyl (C=O) groups is 2. The van der Waals surface area contributed by atoms with Crippen LogP contribution < -0.4 is 10.1 Å². The van der Waals surface area contributed by atoms with Crippen molar-refractivity contribution in [1.29, 1.82) is 0 Å². The quantitative estimate of drug-likeness (QED) is 0.319. The fourth-order valence-corrected chi connectivity index (χ4v) is 4.36. The molecule has 0 saturated carbocycles. The van der Waals surface area contributed by atoms with Gasteiger partial charge in [0.05, 0.1) is 0 Å². The number of hydrogen-bond donors (Lipinski definition) is 1. The lowest BCUT2D eigenvalue weighted by atomic mass is 10.0. The third kappa shape index (κ3) is 8.80. The van der Waals surface area contributed by atoms with Crippen LogP contribution in [0.25, 0.3) is 0 Å². The molecule has 0 saturated heterocycles. The molecule has 0 radical (unpaired) electrons. The van der Waals surface area contributed by atoms with Crippen LogP contribution in [0.1, 0.15) is 44.4 Å². The van der Waals surface area contributed by atoms with Gasteiger partial charge in [0, 0.05) is 28.5 Å². The number of nitrogens with zero attached hydrogens (tertiary/aromatic N) is 1. The lowest BCUT2D eigenvalue weighted by molar-refractivity contribution is -0.143. The summed E-state index contributed by atoms with van der Waals surface area (Å²) in [6.07, 6.45) is 1.25. The predicted octanol–water partition coefficient (Wildman–Crippen LogP) is 6.49. The van der Waals surface area contributed by atoms with Crippen molar-refractivity contribution in [2.24, 2.45) is 0 Å². The smallest absolute Gasteiger partial charge is 0.261 e. The summed E-state index contributed by atoms with van der Waals surface area (Å²) in [5, 5.41) is 3.97. The standard InChI is InChI=1S/C30H34Cl2N2O3/c1-5-21-11-15-25(16-12-21)37-20-28(35)34(19-23-13-14-24(31)18-26(23)32)27(29(36)33-30(2,3)4)17-22-9-7-6-8-10-22/h6-16,18,27H,5,17,19-20H2,1-4H3,(H,33,36). The molecule has 3 rings (SSSR count). The molecule has 0 bridgehead atoms. The first kappa shape index (κ1) is 28.5. The Bertz CT molecular complexity index is 1190. The van der Waals surface area contributed by atoms with E-state index >= 15 is 0 Å². The molecule has 196 valence electrons. The van der Waals surface area contributed by atoms with Crippen molar-refractivity contribution in [3.8, 4) is 5.75 Å². The highest BCUT2D eigenvalue weighted by atomic mass is 35.5. The fourth-order valence-electron chi connectivity index (χ4n) is 3.89. The zero-order chi connectivity index (χ0) is 27.0. The van der Waals surface area contributed by atoms with Crippen molar-refractivity contribution in [1.82, 2.24) is 10.2 Å². The molecule has 1 unspecified atom stereocenters. The summed E-state index contributed by atoms with van der Waals surface area (Å²) < 4.78 is 5.84. The molecule has 1 atom stereocenters. The third-order valence-electron chi connectivity index (χ3n) is 5.82. The Kier molecular flexibility index (Phi) is 10.0. The van der Waals surface area contributed by atoms with Gasteiger partial charge in [-0.1, -0.05) is 78.7 Å². The second-order valence-corrected chi connectivity index (χ2v) is 10.8. The van der Waals surface area contributed by atoms with E-state index < -0.39 is 11.6 Å². The summed E-state index contributed by atoms with van der Waals surface area (Å²) >= 11 is 12.6. The second kappa shape index (κ2) is 13.0. The zero-order valence-electron chi connectivity index (χ0n) is 21.8. The Hall–Kier alpha value is -3.02. The van der Waals surface area contributed by atoms with Gasteiger partial charge in [-0.25, -0.2) is 0 Å². The van der Waals surface area contributed by atoms with Crippen molar-refractivity contribution < 1.29 is 14.3 Å². The summed E-state index contributed by atoms with van der Waals surface area (Å²) in [6, 6.07) is 21.6. The number of halogens is 2. The number of aryl methyl sites for hydroxylation is 1. The van der Waals surface area contributed by atoms with E-state index in [2.05, 4.69) is 12.2 Å². The molecule has 3 aromatic rings. The first-order valence-electron chi connectivity index (χ1n) is 12.4. The monoisotopic (exact) mass is 540 g/mol. The van der Waals surface area contributed by atoms with Crippen LogP contribution in [0.4, 0.5) is 0 Å². The number of ether oxygens (including phenoxy) is 1. The molecule has 0 heterocycles. The van der Waals surface area contributed by atoms with E-state index in [4.69, 9.17) is 27.9 Å². The Labute approximate surface area is 229 Å². The first-order chi connectivity index (χ1) is 17.6. The van der Waals surface area contributed by atoms with E-state index in [1.165, 1.54) is 5.56 Å². The molecular weight excluding hydrogens is 507 g/mol. The Morgan fingerprint density at radius 1 is 0.946 bits per heavy atom. The number of hydrogen-bond acceptors (Lipinski definition) is 3. The van der Waals surface area contributed by atoms with E-state index in [9.17, 15) is 9.59 Å². The molecule has 1 N–H and O–H groups in total. The topological polar surface area (TPSA) is 58.6 Å². The average molecular weight is 542 g/mol. The molecule has 3 aromatic carbocycles. The molecule has 0 spiro atoms. The maximum atomic E-state index is 13.7. The predicted molar refractivity (Wildman–Crippen MR) is 150 cm³/mol. The van der Waals surface area contributed by atoms with Crippen molar-refractivity contribution >= 4 is 35.0 Å². The molecule has 5 nitrogen and oxygen atoms in total. The van der Waals surface area contributed by atoms with E-state index in [0.29, 0.717) is 27.8 Å². The summed E-state index contributed by atoms with van der Waals surface area (Å²) in [7, 11) is 0. The molecule has 2 amide bonds. The molecule has 0 aliphatic heterocycles. The first-order valence-corrected chi connectivity index (χ1v) is 13.1. The second-order valence-electron chi connectivity index (χ2n) is 9.99. The summed E-state index contributed by atoms with van der Waals surface area (Å²) in [6.45, 7) is 7.72. The van der Waals surface area contributed by atoms with Gasteiger partial charge in [-0.2, -0.15) is 0 Å². The highest BCUT2D eigenvalue weighted by Gasteiger charge is 2.32. The largest absolute Gasteiger partial charge is 0.484 e. The van der Waals surface area contributed by atoms with Crippen LogP contribution in [0.2, 0.25) is 10.0 Å². The van der Waals surface area contributed by atoms with Crippen LogP contribution >= 0.6 is 23.2 Å². The molecule has 0 aromatic heterocycles. The van der Waals surface area contributed by atoms with Gasteiger partial charge in [0.2, 0.25) is 5.91 Å². The molecular formula is C30H34Cl2N2O3. The minimum atomic E-state index is -0.785. The molecule has 0 aliphatic rings. The molecule has 0 aliphatic carbocycles. The number of benzene rings is 3. The summed E-state index contributed by atoms with van der Waals surface area (Å²) in [5.74, 6) is 0.0199. The van der Waals surface area contributed by atoms with Gasteiger partial charge >= 0.3 is 0 Å². The highest BCUT2D eigenvalue weighted by Crippen LogP contribution is 2.24. The molecule has 7 heteroatoms. The average Bonchev–Trinajstić information content (AvgIpc) is 2.85.